The number of anilines is 3. The van der Waals surface area contributed by atoms with Crippen LogP contribution in [0.1, 0.15) is 67.3 Å². The second-order valence-corrected chi connectivity index (χ2v) is 9.18. The summed E-state index contributed by atoms with van der Waals surface area (Å²) in [6.45, 7) is 14.4. The molecule has 0 radical (unpaired) electrons. The van der Waals surface area contributed by atoms with E-state index in [4.69, 9.17) is 0 Å². The monoisotopic (exact) mass is 502 g/mol. The number of benzene rings is 2. The van der Waals surface area contributed by atoms with Crippen LogP contribution in [-0.4, -0.2) is 24.0 Å². The number of para-hydroxylation sites is 1. The highest BCUT2D eigenvalue weighted by atomic mass is 19.1. The van der Waals surface area contributed by atoms with E-state index in [0.29, 0.717) is 16.9 Å². The molecule has 0 unspecified atom stereocenters. The summed E-state index contributed by atoms with van der Waals surface area (Å²) in [5.74, 6) is -0.501. The minimum Gasteiger partial charge on any atom is -0.372 e. The maximum Gasteiger partial charge on any atom is 0.255 e. The van der Waals surface area contributed by atoms with E-state index in [-0.39, 0.29) is 11.7 Å². The van der Waals surface area contributed by atoms with Gasteiger partial charge in [0.05, 0.1) is 11.4 Å². The first-order chi connectivity index (χ1) is 17.9. The van der Waals surface area contributed by atoms with Crippen LogP contribution in [0.4, 0.5) is 21.5 Å². The Morgan fingerprint density at radius 3 is 2.41 bits per heavy atom. The van der Waals surface area contributed by atoms with Crippen LogP contribution in [-0.2, 0) is 6.42 Å². The van der Waals surface area contributed by atoms with E-state index in [1.54, 1.807) is 24.3 Å². The number of aromatic amines is 1. The van der Waals surface area contributed by atoms with Gasteiger partial charge in [0.2, 0.25) is 0 Å². The Labute approximate surface area is 220 Å². The van der Waals surface area contributed by atoms with Crippen LogP contribution < -0.4 is 15.5 Å². The zero-order valence-corrected chi connectivity index (χ0v) is 22.5. The molecule has 0 spiro atoms. The molecule has 0 aliphatic carbocycles. The maximum absolute atomic E-state index is 14.0. The lowest BCUT2D eigenvalue weighted by Crippen LogP contribution is -2.25. The highest BCUT2D eigenvalue weighted by molar-refractivity contribution is 6.06. The Kier molecular flexibility index (Phi) is 10.1. The summed E-state index contributed by atoms with van der Waals surface area (Å²) in [5.41, 5.74) is 6.15. The highest BCUT2D eigenvalue weighted by Crippen LogP contribution is 2.28. The van der Waals surface area contributed by atoms with Gasteiger partial charge in [-0.25, -0.2) is 4.39 Å². The zero-order valence-electron chi connectivity index (χ0n) is 22.5. The van der Waals surface area contributed by atoms with E-state index in [1.165, 1.54) is 6.07 Å². The van der Waals surface area contributed by atoms with Crippen LogP contribution in [0.25, 0.3) is 6.08 Å². The fraction of sp³-hybridized carbons (Fsp3) is 0.323. The molecule has 5 nitrogen and oxygen atoms in total. The Bertz CT molecular complexity index is 1230. The molecule has 1 aromatic heterocycles. The summed E-state index contributed by atoms with van der Waals surface area (Å²) in [6.07, 6.45) is 7.78. The molecule has 3 rings (SSSR count). The van der Waals surface area contributed by atoms with Gasteiger partial charge < -0.3 is 20.5 Å². The smallest absolute Gasteiger partial charge is 0.255 e. The minimum absolute atomic E-state index is 0.159. The zero-order chi connectivity index (χ0) is 26.8. The number of carbonyl (C=O) groups is 1. The van der Waals surface area contributed by atoms with Gasteiger partial charge in [0.25, 0.3) is 5.91 Å². The minimum atomic E-state index is -0.342. The lowest BCUT2D eigenvalue weighted by molar-refractivity contribution is 0.102. The molecule has 3 aromatic rings. The van der Waals surface area contributed by atoms with E-state index in [1.807, 2.05) is 44.2 Å². The first-order valence-electron chi connectivity index (χ1n) is 13.1. The molecule has 0 saturated heterocycles. The first-order valence-corrected chi connectivity index (χ1v) is 13.1. The average Bonchev–Trinajstić information content (AvgIpc) is 3.20. The average molecular weight is 503 g/mol. The van der Waals surface area contributed by atoms with Crippen LogP contribution >= 0.6 is 0 Å². The van der Waals surface area contributed by atoms with Gasteiger partial charge in [0.15, 0.2) is 0 Å². The molecular weight excluding hydrogens is 463 g/mol. The van der Waals surface area contributed by atoms with Crippen molar-refractivity contribution in [2.24, 2.45) is 0 Å². The number of aryl methyl sites for hydroxylation is 2. The number of H-pyrrole nitrogens is 1. The van der Waals surface area contributed by atoms with Gasteiger partial charge in [0, 0.05) is 47.0 Å². The molecule has 2 aromatic carbocycles. The Hall–Kier alpha value is -3.80. The Morgan fingerprint density at radius 1 is 1.03 bits per heavy atom. The van der Waals surface area contributed by atoms with Crippen LogP contribution in [0.3, 0.4) is 0 Å². The third-order valence-corrected chi connectivity index (χ3v) is 6.30. The molecule has 1 heterocycles. The van der Waals surface area contributed by atoms with Crippen LogP contribution in [0.2, 0.25) is 0 Å². The maximum atomic E-state index is 14.0. The molecule has 0 bridgehead atoms. The van der Waals surface area contributed by atoms with Gasteiger partial charge in [-0.2, -0.15) is 0 Å². The molecule has 3 N–H and O–H groups in total. The summed E-state index contributed by atoms with van der Waals surface area (Å²) in [5, 5.41) is 6.10. The van der Waals surface area contributed by atoms with Crippen LogP contribution in [0.15, 0.2) is 66.9 Å². The second kappa shape index (κ2) is 13.5. The molecule has 0 aliphatic rings. The summed E-state index contributed by atoms with van der Waals surface area (Å²) < 4.78 is 14.0. The number of hydrogen-bond acceptors (Lipinski definition) is 3. The predicted octanol–water partition coefficient (Wildman–Crippen LogP) is 7.93. The molecule has 0 fully saturated rings. The molecule has 0 saturated carbocycles. The summed E-state index contributed by atoms with van der Waals surface area (Å²) in [6, 6.07) is 14.3. The summed E-state index contributed by atoms with van der Waals surface area (Å²) >= 11 is 0. The number of allylic oxidation sites excluding steroid dienone is 1. The second-order valence-electron chi connectivity index (χ2n) is 9.18. The van der Waals surface area contributed by atoms with Gasteiger partial charge in [-0.1, -0.05) is 45.9 Å². The highest BCUT2D eigenvalue weighted by Gasteiger charge is 2.16. The number of nitrogens with zero attached hydrogens (tertiary/aromatic N) is 1. The fourth-order valence-corrected chi connectivity index (χ4v) is 4.28. The third kappa shape index (κ3) is 7.35. The number of halogens is 1. The van der Waals surface area contributed by atoms with Gasteiger partial charge in [-0.3, -0.25) is 4.79 Å². The van der Waals surface area contributed by atoms with Crippen molar-refractivity contribution in [3.8, 4) is 0 Å². The molecule has 37 heavy (non-hydrogen) atoms. The topological polar surface area (TPSA) is 60.2 Å². The number of hydrogen-bond donors (Lipinski definition) is 3. The van der Waals surface area contributed by atoms with Gasteiger partial charge in [-0.15, -0.1) is 0 Å². The lowest BCUT2D eigenvalue weighted by Gasteiger charge is -2.24. The molecule has 6 heteroatoms. The van der Waals surface area contributed by atoms with Crippen molar-refractivity contribution in [3.05, 3.63) is 95.2 Å². The van der Waals surface area contributed by atoms with Crippen molar-refractivity contribution in [1.29, 1.82) is 0 Å². The molecule has 0 atom stereocenters. The van der Waals surface area contributed by atoms with Crippen LogP contribution in [0.5, 0.6) is 0 Å². The van der Waals surface area contributed by atoms with E-state index < -0.39 is 0 Å². The van der Waals surface area contributed by atoms with Crippen LogP contribution in [0, 0.1) is 12.7 Å². The van der Waals surface area contributed by atoms with E-state index in [0.717, 1.165) is 67.1 Å². The normalized spacial score (nSPS) is 11.1. The van der Waals surface area contributed by atoms with E-state index in [9.17, 15) is 9.18 Å². The number of amides is 1. The van der Waals surface area contributed by atoms with Crippen molar-refractivity contribution >= 4 is 29.0 Å². The van der Waals surface area contributed by atoms with Crippen molar-refractivity contribution < 1.29 is 9.18 Å². The lowest BCUT2D eigenvalue weighted by atomic mass is 10.1. The van der Waals surface area contributed by atoms with Gasteiger partial charge in [0.1, 0.15) is 5.82 Å². The third-order valence-electron chi connectivity index (χ3n) is 6.30. The first kappa shape index (κ1) is 27.8. The van der Waals surface area contributed by atoms with Gasteiger partial charge >= 0.3 is 0 Å². The van der Waals surface area contributed by atoms with Crippen molar-refractivity contribution in [3.63, 3.8) is 0 Å². The largest absolute Gasteiger partial charge is 0.372 e. The standard InChI is InChI=1S/C31H39FN4O/c1-6-9-21-36(20-7-2)25-17-15-24(16-18-25)31(37)35-30-26(23(5)34-28(30)8-3)19-14-22(4)33-29-13-11-10-12-27(29)32/h10-19,33-34H,4,6-9,20-21H2,1-3,5H3,(H,35,37)/b19-14-. The summed E-state index contributed by atoms with van der Waals surface area (Å²) in [7, 11) is 0. The predicted molar refractivity (Wildman–Crippen MR) is 155 cm³/mol. The quantitative estimate of drug-likeness (QED) is 0.208. The molecule has 196 valence electrons. The van der Waals surface area contributed by atoms with E-state index in [2.05, 4.69) is 40.9 Å². The Morgan fingerprint density at radius 2 is 1.76 bits per heavy atom. The summed E-state index contributed by atoms with van der Waals surface area (Å²) in [4.78, 5) is 19.0. The number of rotatable bonds is 13. The van der Waals surface area contributed by atoms with E-state index >= 15 is 0 Å². The van der Waals surface area contributed by atoms with Crippen molar-refractivity contribution in [2.45, 2.75) is 53.4 Å². The SMILES string of the molecule is C=C(/C=C\c1c(C)[nH]c(CC)c1NC(=O)c1ccc(N(CCC)CCCC)cc1)Nc1ccccc1F. The number of aromatic nitrogens is 1. The molecule has 0 aliphatic heterocycles. The number of nitrogens with one attached hydrogen (secondary N) is 3. The Balaban J connectivity index is 1.77. The molecular formula is C31H39FN4O. The number of carbonyl (C=O) groups excluding carboxylic acids is 1. The molecule has 1 amide bonds. The van der Waals surface area contributed by atoms with Gasteiger partial charge in [-0.05, 0) is 74.7 Å². The van der Waals surface area contributed by atoms with Crippen molar-refractivity contribution in [1.82, 2.24) is 4.98 Å². The van der Waals surface area contributed by atoms with Crippen molar-refractivity contribution in [2.75, 3.05) is 28.6 Å². The number of unbranched alkanes of at least 4 members (excludes halogenated alkanes) is 1. The fourth-order valence-electron chi connectivity index (χ4n) is 4.28.